The molecule has 1 heterocycles. The number of aryl methyl sites for hydroxylation is 1. The van der Waals surface area contributed by atoms with Crippen LogP contribution in [0.3, 0.4) is 0 Å². The maximum absolute atomic E-state index is 4.10. The average Bonchev–Trinajstić information content (AvgIpc) is 2.14. The zero-order chi connectivity index (χ0) is 5.98. The maximum Gasteiger partial charge on any atom is 0.345 e. The van der Waals surface area contributed by atoms with Gasteiger partial charge in [-0.25, -0.2) is 4.98 Å². The van der Waals surface area contributed by atoms with Gasteiger partial charge in [0.25, 0.3) is 0 Å². The third-order valence-corrected chi connectivity index (χ3v) is 1.92. The highest BCUT2D eigenvalue weighted by molar-refractivity contribution is 6.49. The van der Waals surface area contributed by atoms with Gasteiger partial charge in [-0.2, -0.15) is 5.10 Å². The monoisotopic (exact) mass is 125 g/mol. The molecule has 4 heteroatoms. The summed E-state index contributed by atoms with van der Waals surface area (Å²) in [5.41, 5.74) is 0. The molecule has 0 aliphatic rings. The minimum atomic E-state index is -0.131. The van der Waals surface area contributed by atoms with E-state index in [0.29, 0.717) is 0 Å². The first-order valence-electron chi connectivity index (χ1n) is 2.67. The zero-order valence-corrected chi connectivity index (χ0v) is 6.54. The van der Waals surface area contributed by atoms with Crippen molar-refractivity contribution in [3.8, 4) is 0 Å². The Balaban J connectivity index is 2.84. The molecule has 0 unspecified atom stereocenters. The highest BCUT2D eigenvalue weighted by atomic mass is 27.1. The standard InChI is InChI=1S/C3H4N3.CH3.Al.H/c1-6-3-4-2-5-6;;;/h3H,1H3;1H3;;. The Kier molecular flexibility index (Phi) is 1.66. The Bertz CT molecular complexity index is 172. The van der Waals surface area contributed by atoms with Crippen molar-refractivity contribution in [2.75, 3.05) is 0 Å². The van der Waals surface area contributed by atoms with E-state index in [4.69, 9.17) is 0 Å². The summed E-state index contributed by atoms with van der Waals surface area (Å²) in [7, 11) is 1.89. The first-order chi connectivity index (χ1) is 3.83. The number of rotatable bonds is 1. The van der Waals surface area contributed by atoms with Crippen LogP contribution < -0.4 is 4.69 Å². The lowest BCUT2D eigenvalue weighted by Gasteiger charge is -1.79. The molecule has 0 spiro atoms. The largest absolute Gasteiger partial charge is 0.345 e. The molecule has 0 saturated heterocycles. The van der Waals surface area contributed by atoms with E-state index in [1.165, 1.54) is 0 Å². The van der Waals surface area contributed by atoms with Gasteiger partial charge in [0.2, 0.25) is 0 Å². The number of aromatic nitrogens is 3. The van der Waals surface area contributed by atoms with Crippen molar-refractivity contribution < 1.29 is 0 Å². The fourth-order valence-electron chi connectivity index (χ4n) is 0.546. The van der Waals surface area contributed by atoms with Crippen LogP contribution in [0.15, 0.2) is 6.33 Å². The normalized spacial score (nSPS) is 9.25. The third-order valence-electron chi connectivity index (χ3n) is 0.963. The Morgan fingerprint density at radius 1 is 1.75 bits per heavy atom. The van der Waals surface area contributed by atoms with Crippen molar-refractivity contribution in [1.29, 1.82) is 0 Å². The fraction of sp³-hybridized carbons (Fsp3) is 0.500. The Morgan fingerprint density at radius 3 is 2.75 bits per heavy atom. The fourth-order valence-corrected chi connectivity index (χ4v) is 1.17. The molecular weight excluding hydrogens is 117 g/mol. The van der Waals surface area contributed by atoms with Gasteiger partial charge in [0.15, 0.2) is 0 Å². The van der Waals surface area contributed by atoms with Gasteiger partial charge in [-0.1, -0.05) is 0 Å². The summed E-state index contributed by atoms with van der Waals surface area (Å²) in [6.07, 6.45) is 1.74. The molecule has 1 rings (SSSR count). The van der Waals surface area contributed by atoms with Crippen LogP contribution >= 0.6 is 0 Å². The molecule has 8 heavy (non-hydrogen) atoms. The summed E-state index contributed by atoms with van der Waals surface area (Å²) >= 11 is -0.131. The van der Waals surface area contributed by atoms with Crippen molar-refractivity contribution in [1.82, 2.24) is 14.8 Å². The van der Waals surface area contributed by atoms with Gasteiger partial charge in [0.1, 0.15) is 6.33 Å². The minimum absolute atomic E-state index is 0.131. The average molecular weight is 125 g/mol. The summed E-state index contributed by atoms with van der Waals surface area (Å²) in [6.45, 7) is 0. The van der Waals surface area contributed by atoms with E-state index in [-0.39, 0.29) is 15.2 Å². The van der Waals surface area contributed by atoms with Gasteiger partial charge in [0.05, 0.1) is 4.69 Å². The van der Waals surface area contributed by atoms with E-state index < -0.39 is 0 Å². The van der Waals surface area contributed by atoms with E-state index in [9.17, 15) is 0 Å². The van der Waals surface area contributed by atoms with Crippen LogP contribution in [0.4, 0.5) is 0 Å². The molecule has 0 atom stereocenters. The second-order valence-electron chi connectivity index (χ2n) is 1.69. The van der Waals surface area contributed by atoms with Gasteiger partial charge in [-0.3, -0.25) is 4.68 Å². The van der Waals surface area contributed by atoms with Gasteiger partial charge in [-0.05, 0) is 0 Å². The van der Waals surface area contributed by atoms with E-state index in [1.54, 1.807) is 11.0 Å². The van der Waals surface area contributed by atoms with Crippen LogP contribution in [0, 0.1) is 0 Å². The summed E-state index contributed by atoms with van der Waals surface area (Å²) in [6, 6.07) is 0. The molecule has 0 fully saturated rings. The van der Waals surface area contributed by atoms with E-state index >= 15 is 0 Å². The van der Waals surface area contributed by atoms with Gasteiger partial charge < -0.3 is 0 Å². The second-order valence-corrected chi connectivity index (χ2v) is 3.03. The minimum Gasteiger partial charge on any atom is -0.257 e. The highest BCUT2D eigenvalue weighted by Gasteiger charge is 1.93. The van der Waals surface area contributed by atoms with Crippen molar-refractivity contribution in [3.63, 3.8) is 0 Å². The summed E-state index contributed by atoms with van der Waals surface area (Å²) in [5.74, 6) is 2.18. The van der Waals surface area contributed by atoms with Crippen molar-refractivity contribution in [3.05, 3.63) is 6.33 Å². The number of hydrogen-bond donors (Lipinski definition) is 0. The van der Waals surface area contributed by atoms with Gasteiger partial charge in [-0.15, -0.1) is 5.79 Å². The summed E-state index contributed by atoms with van der Waals surface area (Å²) < 4.78 is 2.79. The van der Waals surface area contributed by atoms with Crippen molar-refractivity contribution in [2.24, 2.45) is 7.05 Å². The van der Waals surface area contributed by atoms with Crippen LogP contribution in [0.1, 0.15) is 0 Å². The lowest BCUT2D eigenvalue weighted by Crippen LogP contribution is -2.15. The smallest absolute Gasteiger partial charge is 0.257 e. The molecule has 42 valence electrons. The summed E-state index contributed by atoms with van der Waals surface area (Å²) in [4.78, 5) is 4.05. The maximum atomic E-state index is 4.10. The molecule has 0 bridgehead atoms. The molecule has 1 aromatic heterocycles. The Hall–Kier alpha value is -0.328. The molecule has 0 aliphatic carbocycles. The molecule has 3 nitrogen and oxygen atoms in total. The Labute approximate surface area is 54.4 Å². The van der Waals surface area contributed by atoms with Crippen LogP contribution in [-0.2, 0) is 7.05 Å². The predicted octanol–water partition coefficient (Wildman–Crippen LogP) is -1.08. The first-order valence-corrected chi connectivity index (χ1v) is 4.79. The molecule has 0 aliphatic heterocycles. The SMILES string of the molecule is [CH3][AlH][c]1ncn(C)n1. The van der Waals surface area contributed by atoms with Crippen LogP contribution in [0.2, 0.25) is 5.79 Å². The quantitative estimate of drug-likeness (QED) is 0.447. The molecule has 0 radical (unpaired) electrons. The highest BCUT2D eigenvalue weighted by Crippen LogP contribution is 1.65. The van der Waals surface area contributed by atoms with Gasteiger partial charge >= 0.3 is 15.2 Å². The summed E-state index contributed by atoms with van der Waals surface area (Å²) in [5, 5.41) is 4.10. The molecule has 0 amide bonds. The molecule has 0 N–H and O–H groups in total. The van der Waals surface area contributed by atoms with E-state index in [0.717, 1.165) is 4.69 Å². The predicted molar refractivity (Wildman–Crippen MR) is 33.6 cm³/mol. The lowest BCUT2D eigenvalue weighted by atomic mass is 11.2. The topological polar surface area (TPSA) is 30.7 Å². The third kappa shape index (κ3) is 1.09. The molecular formula is C4H8AlN3. The lowest BCUT2D eigenvalue weighted by molar-refractivity contribution is 0.772. The number of nitrogens with zero attached hydrogens (tertiary/aromatic N) is 3. The van der Waals surface area contributed by atoms with Crippen LogP contribution in [0.5, 0.6) is 0 Å². The van der Waals surface area contributed by atoms with Crippen molar-refractivity contribution in [2.45, 2.75) is 5.79 Å². The number of hydrogen-bond acceptors (Lipinski definition) is 2. The molecule has 0 aromatic carbocycles. The first kappa shape index (κ1) is 5.80. The Morgan fingerprint density at radius 2 is 2.50 bits per heavy atom. The second kappa shape index (κ2) is 2.29. The van der Waals surface area contributed by atoms with E-state index in [1.807, 2.05) is 7.05 Å². The molecule has 1 aromatic rings. The zero-order valence-electron chi connectivity index (χ0n) is 5.13. The molecule has 0 saturated carbocycles. The van der Waals surface area contributed by atoms with Crippen LogP contribution in [-0.4, -0.2) is 30.0 Å². The van der Waals surface area contributed by atoms with E-state index in [2.05, 4.69) is 15.9 Å². The van der Waals surface area contributed by atoms with Crippen molar-refractivity contribution >= 4 is 19.9 Å². The van der Waals surface area contributed by atoms with Crippen LogP contribution in [0.25, 0.3) is 0 Å². The van der Waals surface area contributed by atoms with Gasteiger partial charge in [0, 0.05) is 7.05 Å².